The molecule has 4 fully saturated rings. The summed E-state index contributed by atoms with van der Waals surface area (Å²) in [5.41, 5.74) is 1.43. The Kier molecular flexibility index (Phi) is 3.41. The second-order valence-corrected chi connectivity index (χ2v) is 7.34. The van der Waals surface area contributed by atoms with Crippen LogP contribution in [0.2, 0.25) is 0 Å². The highest BCUT2D eigenvalue weighted by Crippen LogP contribution is 2.59. The fraction of sp³-hybridized carbons (Fsp3) is 0.632. The third-order valence-electron chi connectivity index (χ3n) is 6.60. The largest absolute Gasteiger partial charge is 0.493 e. The molecule has 4 heteroatoms. The van der Waals surface area contributed by atoms with E-state index < -0.39 is 0 Å². The molecule has 4 nitrogen and oxygen atoms in total. The summed E-state index contributed by atoms with van der Waals surface area (Å²) in [5.74, 6) is 2.72. The second-order valence-electron chi connectivity index (χ2n) is 7.34. The van der Waals surface area contributed by atoms with Gasteiger partial charge in [0.15, 0.2) is 11.5 Å². The normalized spacial score (nSPS) is 36.1. The average Bonchev–Trinajstić information content (AvgIpc) is 2.95. The zero-order valence-electron chi connectivity index (χ0n) is 14.2. The molecular weight excluding hydrogens is 290 g/mol. The molecule has 1 aromatic rings. The Bertz CT molecular complexity index is 644. The number of rotatable bonds is 3. The number of ether oxygens (including phenoxy) is 2. The van der Waals surface area contributed by atoms with Gasteiger partial charge in [0.25, 0.3) is 0 Å². The molecular formula is C19H25NO3. The fourth-order valence-corrected chi connectivity index (χ4v) is 5.64. The number of carbonyl (C=O) groups excluding carboxylic acids is 1. The zero-order valence-corrected chi connectivity index (χ0v) is 14.2. The van der Waals surface area contributed by atoms with Gasteiger partial charge >= 0.3 is 0 Å². The molecule has 4 atom stereocenters. The van der Waals surface area contributed by atoms with Gasteiger partial charge < -0.3 is 14.4 Å². The van der Waals surface area contributed by atoms with Crippen molar-refractivity contribution in [3.05, 3.63) is 23.8 Å². The Morgan fingerprint density at radius 2 is 1.96 bits per heavy atom. The molecule has 0 spiro atoms. The number of fused-ring (bicyclic) bond motifs is 2. The SMILES string of the molecule is COc1ccc([C@]23CCN(C)[C@H]2[C@H]2CC[C@@H]3CC2=O)cc1OC. The molecule has 2 bridgehead atoms. The van der Waals surface area contributed by atoms with Crippen molar-refractivity contribution in [3.63, 3.8) is 0 Å². The van der Waals surface area contributed by atoms with Crippen LogP contribution in [0.1, 0.15) is 31.2 Å². The Hall–Kier alpha value is -1.55. The van der Waals surface area contributed by atoms with Crippen LogP contribution in [0.4, 0.5) is 0 Å². The Morgan fingerprint density at radius 1 is 1.17 bits per heavy atom. The molecule has 4 aliphatic rings. The molecule has 3 aliphatic carbocycles. The van der Waals surface area contributed by atoms with E-state index in [4.69, 9.17) is 9.47 Å². The van der Waals surface area contributed by atoms with Crippen molar-refractivity contribution in [3.8, 4) is 11.5 Å². The highest BCUT2D eigenvalue weighted by molar-refractivity contribution is 5.85. The molecule has 5 rings (SSSR count). The van der Waals surface area contributed by atoms with Crippen molar-refractivity contribution in [2.75, 3.05) is 27.8 Å². The summed E-state index contributed by atoms with van der Waals surface area (Å²) in [6.45, 7) is 1.07. The monoisotopic (exact) mass is 315 g/mol. The first-order valence-electron chi connectivity index (χ1n) is 8.57. The summed E-state index contributed by atoms with van der Waals surface area (Å²) in [5, 5.41) is 0. The van der Waals surface area contributed by atoms with Crippen LogP contribution in [0.3, 0.4) is 0 Å². The van der Waals surface area contributed by atoms with Crippen LogP contribution in [-0.2, 0) is 10.2 Å². The smallest absolute Gasteiger partial charge is 0.161 e. The molecule has 1 heterocycles. The van der Waals surface area contributed by atoms with Gasteiger partial charge in [-0.15, -0.1) is 0 Å². The van der Waals surface area contributed by atoms with Gasteiger partial charge in [-0.25, -0.2) is 0 Å². The number of methoxy groups -OCH3 is 2. The lowest BCUT2D eigenvalue weighted by molar-refractivity contribution is -0.136. The maximum atomic E-state index is 12.5. The van der Waals surface area contributed by atoms with E-state index in [-0.39, 0.29) is 11.3 Å². The fourth-order valence-electron chi connectivity index (χ4n) is 5.64. The molecule has 23 heavy (non-hydrogen) atoms. The van der Waals surface area contributed by atoms with Crippen LogP contribution in [0, 0.1) is 11.8 Å². The lowest BCUT2D eigenvalue weighted by Crippen LogP contribution is -2.60. The summed E-state index contributed by atoms with van der Waals surface area (Å²) >= 11 is 0. The van der Waals surface area contributed by atoms with E-state index in [1.807, 2.05) is 6.07 Å². The van der Waals surface area contributed by atoms with Gasteiger partial charge in [0, 0.05) is 23.8 Å². The molecule has 0 radical (unpaired) electrons. The Balaban J connectivity index is 1.84. The van der Waals surface area contributed by atoms with Crippen molar-refractivity contribution in [2.24, 2.45) is 11.8 Å². The van der Waals surface area contributed by atoms with Gasteiger partial charge in [-0.1, -0.05) is 6.07 Å². The number of hydrogen-bond donors (Lipinski definition) is 0. The summed E-state index contributed by atoms with van der Waals surface area (Å²) in [4.78, 5) is 14.9. The number of benzene rings is 1. The molecule has 0 N–H and O–H groups in total. The lowest BCUT2D eigenvalue weighted by Gasteiger charge is -2.55. The summed E-state index contributed by atoms with van der Waals surface area (Å²) in [7, 11) is 5.54. The molecule has 1 aromatic carbocycles. The quantitative estimate of drug-likeness (QED) is 0.859. The maximum absolute atomic E-state index is 12.5. The van der Waals surface area contributed by atoms with E-state index in [2.05, 4.69) is 24.1 Å². The standard InChI is InChI=1S/C19H25NO3/c1-20-9-8-19(12-4-6-14(18(19)20)15(21)10-12)13-5-7-16(22-2)17(11-13)23-3/h5,7,11-12,14,18H,4,6,8-10H2,1-3H3/t12-,14+,18+,19-/m1/s1. The van der Waals surface area contributed by atoms with Crippen molar-refractivity contribution >= 4 is 5.78 Å². The number of ketones is 1. The van der Waals surface area contributed by atoms with Crippen LogP contribution < -0.4 is 9.47 Å². The van der Waals surface area contributed by atoms with E-state index in [1.165, 1.54) is 12.0 Å². The first-order chi connectivity index (χ1) is 11.1. The molecule has 1 saturated heterocycles. The number of nitrogens with zero attached hydrogens (tertiary/aromatic N) is 1. The van der Waals surface area contributed by atoms with Crippen molar-refractivity contribution < 1.29 is 14.3 Å². The van der Waals surface area contributed by atoms with Gasteiger partial charge in [-0.2, -0.15) is 0 Å². The van der Waals surface area contributed by atoms with E-state index in [0.29, 0.717) is 17.7 Å². The number of carbonyl (C=O) groups is 1. The third-order valence-corrected chi connectivity index (χ3v) is 6.60. The van der Waals surface area contributed by atoms with E-state index >= 15 is 0 Å². The number of Topliss-reactive ketones (excluding diaryl/α,β-unsaturated/α-hetero) is 1. The van der Waals surface area contributed by atoms with Crippen LogP contribution in [0.5, 0.6) is 11.5 Å². The van der Waals surface area contributed by atoms with Crippen molar-refractivity contribution in [1.82, 2.24) is 4.90 Å². The van der Waals surface area contributed by atoms with Gasteiger partial charge in [-0.05, 0) is 56.5 Å². The van der Waals surface area contributed by atoms with Crippen LogP contribution in [-0.4, -0.2) is 44.5 Å². The zero-order chi connectivity index (χ0) is 16.2. The van der Waals surface area contributed by atoms with Crippen molar-refractivity contribution in [2.45, 2.75) is 37.1 Å². The van der Waals surface area contributed by atoms with Crippen LogP contribution >= 0.6 is 0 Å². The average molecular weight is 315 g/mol. The molecule has 0 amide bonds. The Morgan fingerprint density at radius 3 is 2.65 bits per heavy atom. The highest BCUT2D eigenvalue weighted by atomic mass is 16.5. The van der Waals surface area contributed by atoms with Crippen LogP contribution in [0.15, 0.2) is 18.2 Å². The Labute approximate surface area is 137 Å². The predicted octanol–water partition coefficient (Wildman–Crippen LogP) is 2.64. The first kappa shape index (κ1) is 15.0. The van der Waals surface area contributed by atoms with Gasteiger partial charge in [0.1, 0.15) is 5.78 Å². The second kappa shape index (κ2) is 5.23. The van der Waals surface area contributed by atoms with Crippen LogP contribution in [0.25, 0.3) is 0 Å². The molecule has 124 valence electrons. The van der Waals surface area contributed by atoms with Gasteiger partial charge in [0.2, 0.25) is 0 Å². The predicted molar refractivity (Wildman–Crippen MR) is 88.1 cm³/mol. The summed E-state index contributed by atoms with van der Waals surface area (Å²) in [6.07, 6.45) is 4.13. The minimum absolute atomic E-state index is 0.102. The summed E-state index contributed by atoms with van der Waals surface area (Å²) < 4.78 is 10.9. The molecule has 3 saturated carbocycles. The summed E-state index contributed by atoms with van der Waals surface area (Å²) in [6, 6.07) is 6.71. The van der Waals surface area contributed by atoms with Crippen molar-refractivity contribution in [1.29, 1.82) is 0 Å². The minimum Gasteiger partial charge on any atom is -0.493 e. The molecule has 1 aliphatic heterocycles. The first-order valence-corrected chi connectivity index (χ1v) is 8.57. The van der Waals surface area contributed by atoms with Gasteiger partial charge in [-0.3, -0.25) is 4.79 Å². The third kappa shape index (κ3) is 1.90. The molecule has 0 unspecified atom stereocenters. The number of hydrogen-bond acceptors (Lipinski definition) is 4. The number of likely N-dealkylation sites (N-methyl/N-ethyl adjacent to an activating group) is 1. The van der Waals surface area contributed by atoms with E-state index in [0.717, 1.165) is 37.3 Å². The molecule has 0 aromatic heterocycles. The number of likely N-dealkylation sites (tertiary alicyclic amines) is 1. The maximum Gasteiger partial charge on any atom is 0.161 e. The minimum atomic E-state index is 0.102. The van der Waals surface area contributed by atoms with Gasteiger partial charge in [0.05, 0.1) is 14.2 Å². The van der Waals surface area contributed by atoms with E-state index in [9.17, 15) is 4.79 Å². The van der Waals surface area contributed by atoms with E-state index in [1.54, 1.807) is 14.2 Å². The lowest BCUT2D eigenvalue weighted by atomic mass is 9.50. The topological polar surface area (TPSA) is 38.8 Å². The highest BCUT2D eigenvalue weighted by Gasteiger charge is 2.62.